The number of hydrogen-bond acceptors (Lipinski definition) is 2. The van der Waals surface area contributed by atoms with Gasteiger partial charge in [0.25, 0.3) is 0 Å². The van der Waals surface area contributed by atoms with Crippen LogP contribution in [0.25, 0.3) is 0 Å². The standard InChI is InChI=1S/C8H13NO3/c1-2-6-9-7(10)4-3-5-8(11)12/h2H,1,3-6H2,(H,9,10)(H,11,12). The number of hydrogen-bond donors (Lipinski definition) is 2. The summed E-state index contributed by atoms with van der Waals surface area (Å²) in [7, 11) is 0. The van der Waals surface area contributed by atoms with E-state index in [2.05, 4.69) is 11.9 Å². The van der Waals surface area contributed by atoms with Crippen LogP contribution in [0, 0.1) is 0 Å². The first-order valence-electron chi connectivity index (χ1n) is 3.76. The molecule has 68 valence electrons. The van der Waals surface area contributed by atoms with Crippen LogP contribution in [0.15, 0.2) is 12.7 Å². The maximum atomic E-state index is 10.8. The fourth-order valence-corrected chi connectivity index (χ4v) is 0.675. The van der Waals surface area contributed by atoms with Crippen LogP contribution >= 0.6 is 0 Å². The van der Waals surface area contributed by atoms with Crippen LogP contribution in [0.2, 0.25) is 0 Å². The Morgan fingerprint density at radius 1 is 1.42 bits per heavy atom. The molecular weight excluding hydrogens is 158 g/mol. The summed E-state index contributed by atoms with van der Waals surface area (Å²) >= 11 is 0. The van der Waals surface area contributed by atoms with Crippen molar-refractivity contribution in [1.29, 1.82) is 0 Å². The van der Waals surface area contributed by atoms with Crippen molar-refractivity contribution < 1.29 is 14.7 Å². The van der Waals surface area contributed by atoms with E-state index in [9.17, 15) is 9.59 Å². The molecule has 0 fully saturated rings. The van der Waals surface area contributed by atoms with Crippen molar-refractivity contribution in [3.8, 4) is 0 Å². The molecule has 0 rings (SSSR count). The molecule has 0 atom stereocenters. The molecule has 0 heterocycles. The number of rotatable bonds is 6. The Morgan fingerprint density at radius 3 is 2.58 bits per heavy atom. The molecule has 0 aromatic heterocycles. The second-order valence-electron chi connectivity index (χ2n) is 2.34. The first kappa shape index (κ1) is 10.7. The van der Waals surface area contributed by atoms with Gasteiger partial charge < -0.3 is 10.4 Å². The van der Waals surface area contributed by atoms with E-state index in [-0.39, 0.29) is 18.7 Å². The number of amides is 1. The Balaban J connectivity index is 3.31. The predicted molar refractivity (Wildman–Crippen MR) is 44.7 cm³/mol. The maximum absolute atomic E-state index is 10.8. The Morgan fingerprint density at radius 2 is 2.08 bits per heavy atom. The highest BCUT2D eigenvalue weighted by Crippen LogP contribution is 1.94. The van der Waals surface area contributed by atoms with Crippen LogP contribution in [-0.2, 0) is 9.59 Å². The van der Waals surface area contributed by atoms with Crippen LogP contribution < -0.4 is 5.32 Å². The van der Waals surface area contributed by atoms with Gasteiger partial charge in [-0.05, 0) is 6.42 Å². The monoisotopic (exact) mass is 171 g/mol. The number of nitrogens with one attached hydrogen (secondary N) is 1. The molecule has 0 saturated heterocycles. The van der Waals surface area contributed by atoms with Gasteiger partial charge in [-0.1, -0.05) is 6.08 Å². The molecule has 0 aliphatic rings. The number of carboxylic acid groups (broad SMARTS) is 1. The average Bonchev–Trinajstić information content (AvgIpc) is 2.00. The van der Waals surface area contributed by atoms with Gasteiger partial charge in [0.05, 0.1) is 0 Å². The summed E-state index contributed by atoms with van der Waals surface area (Å²) < 4.78 is 0. The first-order chi connectivity index (χ1) is 5.66. The highest BCUT2D eigenvalue weighted by atomic mass is 16.4. The lowest BCUT2D eigenvalue weighted by atomic mass is 10.2. The summed E-state index contributed by atoms with van der Waals surface area (Å²) in [6.45, 7) is 3.87. The van der Waals surface area contributed by atoms with Gasteiger partial charge >= 0.3 is 5.97 Å². The van der Waals surface area contributed by atoms with Crippen molar-refractivity contribution in [2.75, 3.05) is 6.54 Å². The van der Waals surface area contributed by atoms with Crippen molar-refractivity contribution in [3.05, 3.63) is 12.7 Å². The van der Waals surface area contributed by atoms with E-state index in [4.69, 9.17) is 5.11 Å². The number of carbonyl (C=O) groups is 2. The molecule has 0 aliphatic heterocycles. The van der Waals surface area contributed by atoms with E-state index in [0.29, 0.717) is 13.0 Å². The zero-order valence-corrected chi connectivity index (χ0v) is 6.88. The SMILES string of the molecule is C=CCNC(=O)CCCC(=O)O. The number of aliphatic carboxylic acids is 1. The van der Waals surface area contributed by atoms with E-state index in [1.807, 2.05) is 0 Å². The van der Waals surface area contributed by atoms with E-state index in [1.54, 1.807) is 6.08 Å². The number of carbonyl (C=O) groups excluding carboxylic acids is 1. The van der Waals surface area contributed by atoms with Crippen LogP contribution in [0.1, 0.15) is 19.3 Å². The molecule has 0 spiro atoms. The molecule has 0 aliphatic carbocycles. The molecule has 0 radical (unpaired) electrons. The lowest BCUT2D eigenvalue weighted by Crippen LogP contribution is -2.22. The van der Waals surface area contributed by atoms with Gasteiger partial charge in [0.1, 0.15) is 0 Å². The molecule has 0 aromatic rings. The van der Waals surface area contributed by atoms with E-state index >= 15 is 0 Å². The van der Waals surface area contributed by atoms with Crippen LogP contribution in [-0.4, -0.2) is 23.5 Å². The minimum atomic E-state index is -0.869. The molecule has 1 amide bonds. The zero-order valence-electron chi connectivity index (χ0n) is 6.88. The summed E-state index contributed by atoms with van der Waals surface area (Å²) in [5.41, 5.74) is 0. The molecular formula is C8H13NO3. The largest absolute Gasteiger partial charge is 0.481 e. The van der Waals surface area contributed by atoms with E-state index < -0.39 is 5.97 Å². The second kappa shape index (κ2) is 6.39. The predicted octanol–water partition coefficient (Wildman–Crippen LogP) is 0.544. The minimum absolute atomic E-state index is 0.0432. The topological polar surface area (TPSA) is 66.4 Å². The molecule has 4 nitrogen and oxygen atoms in total. The highest BCUT2D eigenvalue weighted by Gasteiger charge is 2.01. The molecule has 12 heavy (non-hydrogen) atoms. The van der Waals surface area contributed by atoms with Gasteiger partial charge in [0.2, 0.25) is 5.91 Å². The summed E-state index contributed by atoms with van der Waals surface area (Å²) in [5, 5.41) is 10.8. The van der Waals surface area contributed by atoms with Gasteiger partial charge in [-0.25, -0.2) is 0 Å². The summed E-state index contributed by atoms with van der Waals surface area (Å²) in [4.78, 5) is 20.9. The summed E-state index contributed by atoms with van der Waals surface area (Å²) in [6, 6.07) is 0. The Bertz CT molecular complexity index is 177. The second-order valence-corrected chi connectivity index (χ2v) is 2.34. The summed E-state index contributed by atoms with van der Waals surface area (Å²) in [5.74, 6) is -0.998. The minimum Gasteiger partial charge on any atom is -0.481 e. The van der Waals surface area contributed by atoms with Gasteiger partial charge in [0, 0.05) is 19.4 Å². The van der Waals surface area contributed by atoms with Crippen molar-refractivity contribution in [3.63, 3.8) is 0 Å². The first-order valence-corrected chi connectivity index (χ1v) is 3.76. The van der Waals surface area contributed by atoms with Crippen molar-refractivity contribution in [2.24, 2.45) is 0 Å². The smallest absolute Gasteiger partial charge is 0.303 e. The third-order valence-corrected chi connectivity index (χ3v) is 1.24. The lowest BCUT2D eigenvalue weighted by molar-refractivity contribution is -0.137. The van der Waals surface area contributed by atoms with Crippen molar-refractivity contribution >= 4 is 11.9 Å². The van der Waals surface area contributed by atoms with E-state index in [1.165, 1.54) is 0 Å². The van der Waals surface area contributed by atoms with Crippen LogP contribution in [0.4, 0.5) is 0 Å². The van der Waals surface area contributed by atoms with E-state index in [0.717, 1.165) is 0 Å². The highest BCUT2D eigenvalue weighted by molar-refractivity contribution is 5.76. The third-order valence-electron chi connectivity index (χ3n) is 1.24. The maximum Gasteiger partial charge on any atom is 0.303 e. The fraction of sp³-hybridized carbons (Fsp3) is 0.500. The molecule has 0 bridgehead atoms. The molecule has 0 saturated carbocycles. The normalized spacial score (nSPS) is 9.00. The van der Waals surface area contributed by atoms with Crippen LogP contribution in [0.5, 0.6) is 0 Å². The summed E-state index contributed by atoms with van der Waals surface area (Å²) in [6.07, 6.45) is 2.27. The Kier molecular flexibility index (Phi) is 5.69. The van der Waals surface area contributed by atoms with Crippen LogP contribution in [0.3, 0.4) is 0 Å². The van der Waals surface area contributed by atoms with Gasteiger partial charge in [0.15, 0.2) is 0 Å². The molecule has 4 heteroatoms. The lowest BCUT2D eigenvalue weighted by Gasteiger charge is -1.99. The van der Waals surface area contributed by atoms with Gasteiger partial charge in [-0.3, -0.25) is 9.59 Å². The molecule has 2 N–H and O–H groups in total. The average molecular weight is 171 g/mol. The van der Waals surface area contributed by atoms with Crippen molar-refractivity contribution in [1.82, 2.24) is 5.32 Å². The Hall–Kier alpha value is -1.32. The molecule has 0 aromatic carbocycles. The number of carboxylic acids is 1. The van der Waals surface area contributed by atoms with Gasteiger partial charge in [-0.2, -0.15) is 0 Å². The molecule has 0 unspecified atom stereocenters. The van der Waals surface area contributed by atoms with Gasteiger partial charge in [-0.15, -0.1) is 6.58 Å². The quantitative estimate of drug-likeness (QED) is 0.573. The van der Waals surface area contributed by atoms with Crippen molar-refractivity contribution in [2.45, 2.75) is 19.3 Å². The third kappa shape index (κ3) is 6.80. The Labute approximate surface area is 71.3 Å². The fourth-order valence-electron chi connectivity index (χ4n) is 0.675. The zero-order chi connectivity index (χ0) is 9.40.